The summed E-state index contributed by atoms with van der Waals surface area (Å²) in [6.07, 6.45) is 1.18. The highest BCUT2D eigenvalue weighted by Crippen LogP contribution is 2.12. The van der Waals surface area contributed by atoms with Gasteiger partial charge in [0, 0.05) is 18.3 Å². The summed E-state index contributed by atoms with van der Waals surface area (Å²) in [5.74, 6) is -2.34. The Labute approximate surface area is 207 Å². The second-order valence-corrected chi connectivity index (χ2v) is 9.66. The van der Waals surface area contributed by atoms with Gasteiger partial charge in [-0.2, -0.15) is 0 Å². The van der Waals surface area contributed by atoms with E-state index in [1.807, 2.05) is 4.72 Å². The first-order valence-corrected chi connectivity index (χ1v) is 12.4. The van der Waals surface area contributed by atoms with Crippen molar-refractivity contribution in [1.82, 2.24) is 15.0 Å². The molecule has 2 N–H and O–H groups in total. The largest absolute Gasteiger partial charge is 0.458 e. The fraction of sp³-hybridized carbons (Fsp3) is 0.200. The van der Waals surface area contributed by atoms with Gasteiger partial charge in [-0.15, -0.1) is 0 Å². The average molecular weight is 514 g/mol. The van der Waals surface area contributed by atoms with Gasteiger partial charge in [-0.3, -0.25) is 9.59 Å². The molecule has 0 aliphatic rings. The normalized spacial score (nSPS) is 11.1. The lowest BCUT2D eigenvalue weighted by Gasteiger charge is -2.09. The molecule has 36 heavy (non-hydrogen) atoms. The van der Waals surface area contributed by atoms with Crippen molar-refractivity contribution in [2.75, 3.05) is 6.54 Å². The van der Waals surface area contributed by atoms with E-state index < -0.39 is 27.7 Å². The first-order valence-electron chi connectivity index (χ1n) is 10.9. The smallest absolute Gasteiger partial charge is 0.357 e. The van der Waals surface area contributed by atoms with Gasteiger partial charge in [-0.05, 0) is 74.4 Å². The highest BCUT2D eigenvalue weighted by atomic mass is 32.2. The number of halogens is 1. The first-order chi connectivity index (χ1) is 17.0. The minimum atomic E-state index is -4.16. The Hall–Kier alpha value is -4.12. The molecule has 0 saturated carbocycles. The van der Waals surface area contributed by atoms with Crippen LogP contribution in [0.3, 0.4) is 0 Å². The van der Waals surface area contributed by atoms with Crippen LogP contribution in [0, 0.1) is 5.82 Å². The van der Waals surface area contributed by atoms with Crippen LogP contribution in [-0.4, -0.2) is 43.8 Å². The zero-order valence-electron chi connectivity index (χ0n) is 19.5. The third kappa shape index (κ3) is 7.19. The molecule has 0 aliphatic carbocycles. The number of nitrogens with zero attached hydrogens (tertiary/aromatic N) is 1. The van der Waals surface area contributed by atoms with Gasteiger partial charge in [-0.1, -0.05) is 12.1 Å². The van der Waals surface area contributed by atoms with E-state index in [-0.39, 0.29) is 34.7 Å². The summed E-state index contributed by atoms with van der Waals surface area (Å²) in [5, 5.41) is 2.70. The summed E-state index contributed by atoms with van der Waals surface area (Å²) in [5.41, 5.74) is 1.03. The quantitative estimate of drug-likeness (QED) is 0.421. The van der Waals surface area contributed by atoms with Gasteiger partial charge in [0.1, 0.15) is 11.5 Å². The topological polar surface area (TPSA) is 132 Å². The molecular weight excluding hydrogens is 489 g/mol. The number of carbonyl (C=O) groups excluding carboxylic acids is 3. The third-order valence-corrected chi connectivity index (χ3v) is 6.19. The van der Waals surface area contributed by atoms with Crippen LogP contribution >= 0.6 is 0 Å². The summed E-state index contributed by atoms with van der Waals surface area (Å²) >= 11 is 0. The Morgan fingerprint density at radius 2 is 1.56 bits per heavy atom. The van der Waals surface area contributed by atoms with Crippen molar-refractivity contribution in [3.05, 3.63) is 95.1 Å². The number of sulfonamides is 1. The highest BCUT2D eigenvalue weighted by molar-refractivity contribution is 7.90. The van der Waals surface area contributed by atoms with Crippen LogP contribution in [0.15, 0.2) is 71.8 Å². The van der Waals surface area contributed by atoms with Crippen LogP contribution in [0.1, 0.15) is 50.6 Å². The second-order valence-electron chi connectivity index (χ2n) is 7.98. The van der Waals surface area contributed by atoms with Crippen molar-refractivity contribution in [3.63, 3.8) is 0 Å². The van der Waals surface area contributed by atoms with E-state index >= 15 is 0 Å². The molecule has 3 rings (SSSR count). The Bertz CT molecular complexity index is 1340. The molecule has 9 nitrogen and oxygen atoms in total. The van der Waals surface area contributed by atoms with Crippen molar-refractivity contribution in [2.45, 2.75) is 31.3 Å². The molecule has 0 unspecified atom stereocenters. The highest BCUT2D eigenvalue weighted by Gasteiger charge is 2.20. The van der Waals surface area contributed by atoms with Gasteiger partial charge < -0.3 is 10.1 Å². The molecule has 2 amide bonds. The number of carbonyl (C=O) groups is 3. The van der Waals surface area contributed by atoms with Crippen molar-refractivity contribution in [1.29, 1.82) is 0 Å². The van der Waals surface area contributed by atoms with Crippen LogP contribution in [0.5, 0.6) is 0 Å². The van der Waals surface area contributed by atoms with Gasteiger partial charge in [0.05, 0.1) is 16.6 Å². The Kier molecular flexibility index (Phi) is 8.49. The van der Waals surface area contributed by atoms with Crippen LogP contribution in [0.25, 0.3) is 0 Å². The number of nitrogens with one attached hydrogen (secondary N) is 2. The maximum atomic E-state index is 13.0. The van der Waals surface area contributed by atoms with Gasteiger partial charge >= 0.3 is 5.97 Å². The lowest BCUT2D eigenvalue weighted by molar-refractivity contribution is 0.0370. The molecule has 1 heterocycles. The van der Waals surface area contributed by atoms with Crippen LogP contribution < -0.4 is 10.0 Å². The molecule has 0 aliphatic heterocycles. The van der Waals surface area contributed by atoms with Crippen LogP contribution in [-0.2, 0) is 21.2 Å². The second kappa shape index (κ2) is 11.5. The van der Waals surface area contributed by atoms with E-state index in [2.05, 4.69) is 10.3 Å². The number of aromatic nitrogens is 1. The Morgan fingerprint density at radius 3 is 2.14 bits per heavy atom. The number of hydrogen-bond donors (Lipinski definition) is 2. The number of ether oxygens (including phenoxy) is 1. The molecular formula is C25H24FN3O6S. The average Bonchev–Trinajstić information content (AvgIpc) is 2.84. The molecule has 3 aromatic rings. The van der Waals surface area contributed by atoms with Crippen molar-refractivity contribution in [2.24, 2.45) is 0 Å². The molecule has 0 spiro atoms. The zero-order chi connectivity index (χ0) is 26.3. The van der Waals surface area contributed by atoms with E-state index in [9.17, 15) is 27.2 Å². The van der Waals surface area contributed by atoms with E-state index in [1.54, 1.807) is 26.0 Å². The van der Waals surface area contributed by atoms with Gasteiger partial charge in [0.15, 0.2) is 0 Å². The minimum absolute atomic E-state index is 0.00690. The Balaban J connectivity index is 1.55. The molecule has 0 radical (unpaired) electrons. The number of rotatable bonds is 9. The minimum Gasteiger partial charge on any atom is -0.458 e. The van der Waals surface area contributed by atoms with Gasteiger partial charge in [0.25, 0.3) is 21.8 Å². The summed E-state index contributed by atoms with van der Waals surface area (Å²) in [7, 11) is -4.16. The first kappa shape index (κ1) is 26.5. The molecule has 0 atom stereocenters. The molecule has 1 aromatic heterocycles. The molecule has 188 valence electrons. The van der Waals surface area contributed by atoms with E-state index in [0.29, 0.717) is 12.0 Å². The summed E-state index contributed by atoms with van der Waals surface area (Å²) < 4.78 is 45.1. The summed E-state index contributed by atoms with van der Waals surface area (Å²) in [6.45, 7) is 3.66. The van der Waals surface area contributed by atoms with Crippen molar-refractivity contribution < 1.29 is 31.9 Å². The van der Waals surface area contributed by atoms with E-state index in [0.717, 1.165) is 11.8 Å². The Morgan fingerprint density at radius 1 is 0.917 bits per heavy atom. The lowest BCUT2D eigenvalue weighted by atomic mass is 10.1. The standard InChI is InChI=1S/C25H24FN3O6S/c1-16(2)35-25(32)22-12-7-19(15-28-22)24(31)29-36(33,34)21-10-3-17(4-11-21)13-14-27-23(30)18-5-8-20(26)9-6-18/h3-12,15-16H,13-14H2,1-2H3,(H,27,30)(H,29,31). The summed E-state index contributed by atoms with van der Waals surface area (Å²) in [4.78, 5) is 40.0. The maximum Gasteiger partial charge on any atom is 0.357 e. The molecule has 0 saturated heterocycles. The lowest BCUT2D eigenvalue weighted by Crippen LogP contribution is -2.30. The van der Waals surface area contributed by atoms with Crippen molar-refractivity contribution in [3.8, 4) is 0 Å². The van der Waals surface area contributed by atoms with E-state index in [4.69, 9.17) is 4.74 Å². The summed E-state index contributed by atoms with van der Waals surface area (Å²) in [6, 6.07) is 13.5. The molecule has 0 bridgehead atoms. The predicted octanol–water partition coefficient (Wildman–Crippen LogP) is 2.88. The fourth-order valence-electron chi connectivity index (χ4n) is 3.02. The number of benzene rings is 2. The van der Waals surface area contributed by atoms with Crippen molar-refractivity contribution >= 4 is 27.8 Å². The molecule has 11 heteroatoms. The predicted molar refractivity (Wildman–Crippen MR) is 128 cm³/mol. The SMILES string of the molecule is CC(C)OC(=O)c1ccc(C(=O)NS(=O)(=O)c2ccc(CCNC(=O)c3ccc(F)cc3)cc2)cn1. The third-order valence-electron chi connectivity index (χ3n) is 4.84. The van der Waals surface area contributed by atoms with Crippen LogP contribution in [0.4, 0.5) is 4.39 Å². The number of amides is 2. The van der Waals surface area contributed by atoms with Gasteiger partial charge in [0.2, 0.25) is 0 Å². The van der Waals surface area contributed by atoms with Gasteiger partial charge in [-0.25, -0.2) is 27.3 Å². The maximum absolute atomic E-state index is 13.0. The number of pyridine rings is 1. The van der Waals surface area contributed by atoms with E-state index in [1.165, 1.54) is 48.5 Å². The molecule has 2 aromatic carbocycles. The van der Waals surface area contributed by atoms with Crippen LogP contribution in [0.2, 0.25) is 0 Å². The zero-order valence-corrected chi connectivity index (χ0v) is 20.3. The number of hydrogen-bond acceptors (Lipinski definition) is 7. The number of esters is 1. The monoisotopic (exact) mass is 513 g/mol. The molecule has 0 fully saturated rings. The fourth-order valence-corrected chi connectivity index (χ4v) is 4.00.